The van der Waals surface area contributed by atoms with Gasteiger partial charge in [-0.05, 0) is 34.5 Å². The Bertz CT molecular complexity index is 1560. The first-order valence-corrected chi connectivity index (χ1v) is 16.7. The number of amides is 2. The van der Waals surface area contributed by atoms with Crippen LogP contribution in [-0.2, 0) is 37.1 Å². The molecule has 2 aromatic rings. The lowest BCUT2D eigenvalue weighted by Gasteiger charge is -2.49. The number of nitrogens with zero attached hydrogens (tertiary/aromatic N) is 1. The molecule has 1 fully saturated rings. The van der Waals surface area contributed by atoms with E-state index in [-0.39, 0.29) is 28.4 Å². The third-order valence-electron chi connectivity index (χ3n) is 6.07. The second kappa shape index (κ2) is 16.1. The lowest BCUT2D eigenvalue weighted by molar-refractivity contribution is -0.344. The van der Waals surface area contributed by atoms with Crippen LogP contribution in [-0.4, -0.2) is 67.4 Å². The zero-order valence-electron chi connectivity index (χ0n) is 23.5. The monoisotopic (exact) mass is 716 g/mol. The number of nitrogens with two attached hydrogens (primary N) is 3. The third-order valence-corrected chi connectivity index (χ3v) is 10.3. The fraction of sp³-hybridized carbons (Fsp3) is 0.259. The number of fused-ring (bicyclic) bond motifs is 1. The molecule has 0 aromatic heterocycles. The van der Waals surface area contributed by atoms with Gasteiger partial charge in [-0.25, -0.2) is 4.79 Å². The van der Waals surface area contributed by atoms with Crippen molar-refractivity contribution < 1.29 is 48.0 Å². The van der Waals surface area contributed by atoms with E-state index >= 15 is 0 Å². The number of nitrogens with one attached hydrogen (secondary N) is 2. The predicted octanol–water partition coefficient (Wildman–Crippen LogP) is 0.450. The number of rotatable bonds is 10. The van der Waals surface area contributed by atoms with E-state index in [1.165, 1.54) is 51.9 Å². The summed E-state index contributed by atoms with van der Waals surface area (Å²) in [5, 5.41) is 34.2. The van der Waals surface area contributed by atoms with E-state index in [0.29, 0.717) is 22.2 Å². The SMILES string of the molecule is N=C(N)SCc1ccc(CC(=O)N[C@@H]2C(=O)N3C(C(=O)O)=C(Sc4ccccc4CSC(N)=[NH2+])CS[C@H]23)cc1.O=C([O-])C(F)(F)F. The molecule has 2 aromatic carbocycles. The molecule has 246 valence electrons. The molecule has 2 heterocycles. The highest BCUT2D eigenvalue weighted by atomic mass is 32.2. The van der Waals surface area contributed by atoms with Crippen LogP contribution >= 0.6 is 47.0 Å². The molecule has 2 amide bonds. The number of carboxylic acids is 2. The van der Waals surface area contributed by atoms with E-state index in [1.54, 1.807) is 0 Å². The number of thioether (sulfide) groups is 4. The maximum atomic E-state index is 13.0. The smallest absolute Gasteiger partial charge is 0.430 e. The molecule has 0 unspecified atom stereocenters. The standard InChI is InChI=1S/C25H26N6O4S4.C2HF3O2/c26-24(27)37-10-14-7-5-13(6-8-14)9-18(32)30-19-21(33)31-20(23(34)35)17(12-36-22(19)31)39-16-4-2-1-3-15(16)11-38-25(28)29;3-2(4,5)1(6)7/h1-8,19,22H,9-12H2,(H3,26,27)(H3,28,29)(H,30,32)(H,34,35);(H,6,7)/t19-,22-;/m1./s1. The average Bonchev–Trinajstić information content (AvgIpc) is 2.98. The maximum Gasteiger partial charge on any atom is 0.430 e. The van der Waals surface area contributed by atoms with Crippen molar-refractivity contribution in [2.24, 2.45) is 11.5 Å². The maximum absolute atomic E-state index is 13.0. The molecule has 1 saturated heterocycles. The minimum Gasteiger partial charge on any atom is -0.542 e. The lowest BCUT2D eigenvalue weighted by atomic mass is 10.0. The van der Waals surface area contributed by atoms with E-state index < -0.39 is 35.4 Å². The van der Waals surface area contributed by atoms with E-state index in [9.17, 15) is 32.7 Å². The number of benzene rings is 2. The van der Waals surface area contributed by atoms with Crippen molar-refractivity contribution in [3.63, 3.8) is 0 Å². The summed E-state index contributed by atoms with van der Waals surface area (Å²) in [6.45, 7) is 0. The largest absolute Gasteiger partial charge is 0.542 e. The Morgan fingerprint density at radius 1 is 1.09 bits per heavy atom. The summed E-state index contributed by atoms with van der Waals surface area (Å²) in [4.78, 5) is 49.5. The van der Waals surface area contributed by atoms with E-state index in [4.69, 9.17) is 32.2 Å². The number of alkyl halides is 3. The Hall–Kier alpha value is -3.81. The molecule has 0 bridgehead atoms. The first-order valence-electron chi connectivity index (χ1n) is 12.9. The van der Waals surface area contributed by atoms with Crippen molar-refractivity contribution >= 4 is 81.1 Å². The predicted molar refractivity (Wildman–Crippen MR) is 169 cm³/mol. The molecule has 0 radical (unpaired) electrons. The fourth-order valence-corrected chi connectivity index (χ4v) is 7.79. The summed E-state index contributed by atoms with van der Waals surface area (Å²) >= 11 is 5.25. The normalized spacial score (nSPS) is 17.2. The number of amidine groups is 2. The van der Waals surface area contributed by atoms with Crippen molar-refractivity contribution in [3.05, 3.63) is 75.8 Å². The summed E-state index contributed by atoms with van der Waals surface area (Å²) in [5.41, 5.74) is 13.6. The second-order valence-corrected chi connectivity index (χ2v) is 13.7. The van der Waals surface area contributed by atoms with E-state index in [2.05, 4.69) is 5.32 Å². The van der Waals surface area contributed by atoms with Crippen molar-refractivity contribution in [2.45, 2.75) is 40.4 Å². The Morgan fingerprint density at radius 2 is 1.70 bits per heavy atom. The summed E-state index contributed by atoms with van der Waals surface area (Å²) in [5.74, 6) is -3.46. The second-order valence-electron chi connectivity index (χ2n) is 9.36. The van der Waals surface area contributed by atoms with Crippen LogP contribution in [0.15, 0.2) is 64.0 Å². The number of hydrogen-bond donors (Lipinski definition) is 6. The Balaban J connectivity index is 0.000000738. The van der Waals surface area contributed by atoms with Gasteiger partial charge in [0.25, 0.3) is 11.1 Å². The summed E-state index contributed by atoms with van der Waals surface area (Å²) < 4.78 is 31.5. The number of carboxylic acid groups (broad SMARTS) is 2. The van der Waals surface area contributed by atoms with Gasteiger partial charge in [0.1, 0.15) is 23.1 Å². The number of β-lactam (4-membered cyclic amide) rings is 1. The molecule has 2 atom stereocenters. The molecule has 0 saturated carbocycles. The molecular weight excluding hydrogens is 690 g/mol. The van der Waals surface area contributed by atoms with Gasteiger partial charge in [-0.15, -0.1) is 11.8 Å². The van der Waals surface area contributed by atoms with Gasteiger partial charge in [0, 0.05) is 27.1 Å². The molecule has 4 rings (SSSR count). The average molecular weight is 717 g/mol. The van der Waals surface area contributed by atoms with Crippen LogP contribution in [0.3, 0.4) is 0 Å². The van der Waals surface area contributed by atoms with Crippen LogP contribution in [0.2, 0.25) is 0 Å². The number of carbonyl (C=O) groups excluding carboxylic acids is 3. The minimum absolute atomic E-state index is 0.0423. The first-order chi connectivity index (χ1) is 21.6. The van der Waals surface area contributed by atoms with Crippen LogP contribution < -0.4 is 27.3 Å². The van der Waals surface area contributed by atoms with Gasteiger partial charge in [0.2, 0.25) is 5.91 Å². The summed E-state index contributed by atoms with van der Waals surface area (Å²) in [6, 6.07) is 14.2. The molecule has 2 aliphatic heterocycles. The van der Waals surface area contributed by atoms with Gasteiger partial charge in [-0.3, -0.25) is 31.0 Å². The van der Waals surface area contributed by atoms with Gasteiger partial charge < -0.3 is 26.1 Å². The molecular formula is C27H27F3N6O6S4. The summed E-state index contributed by atoms with van der Waals surface area (Å²) in [6.07, 6.45) is -5.11. The third kappa shape index (κ3) is 10.1. The zero-order valence-corrected chi connectivity index (χ0v) is 26.8. The van der Waals surface area contributed by atoms with Gasteiger partial charge >= 0.3 is 12.1 Å². The van der Waals surface area contributed by atoms with Crippen LogP contribution in [0.5, 0.6) is 0 Å². The molecule has 2 aliphatic rings. The van der Waals surface area contributed by atoms with E-state index in [0.717, 1.165) is 21.6 Å². The zero-order chi connectivity index (χ0) is 34.2. The molecule has 0 spiro atoms. The van der Waals surface area contributed by atoms with Crippen molar-refractivity contribution in [3.8, 4) is 0 Å². The van der Waals surface area contributed by atoms with E-state index in [1.807, 2.05) is 48.5 Å². The molecule has 0 aliphatic carbocycles. The quantitative estimate of drug-likeness (QED) is 0.112. The minimum atomic E-state index is -5.19. The topological polar surface area (TPSA) is 228 Å². The van der Waals surface area contributed by atoms with Gasteiger partial charge in [-0.2, -0.15) is 13.2 Å². The molecule has 19 heteroatoms. The highest BCUT2D eigenvalue weighted by molar-refractivity contribution is 8.13. The van der Waals surface area contributed by atoms with Crippen LogP contribution in [0.4, 0.5) is 13.2 Å². The number of halogens is 3. The van der Waals surface area contributed by atoms with Crippen LogP contribution in [0, 0.1) is 5.41 Å². The van der Waals surface area contributed by atoms with Gasteiger partial charge in [0.05, 0.1) is 6.42 Å². The highest BCUT2D eigenvalue weighted by Crippen LogP contribution is 2.46. The number of aliphatic carboxylic acids is 2. The summed E-state index contributed by atoms with van der Waals surface area (Å²) in [7, 11) is 0. The molecule has 46 heavy (non-hydrogen) atoms. The van der Waals surface area contributed by atoms with Gasteiger partial charge in [-0.1, -0.05) is 66.0 Å². The van der Waals surface area contributed by atoms with Crippen molar-refractivity contribution in [1.82, 2.24) is 10.2 Å². The van der Waals surface area contributed by atoms with Crippen LogP contribution in [0.25, 0.3) is 0 Å². The fourth-order valence-electron chi connectivity index (χ4n) is 4.01. The lowest BCUT2D eigenvalue weighted by Crippen LogP contribution is -2.70. The van der Waals surface area contributed by atoms with Gasteiger partial charge in [0.15, 0.2) is 5.17 Å². The Morgan fingerprint density at radius 3 is 2.26 bits per heavy atom. The van der Waals surface area contributed by atoms with Crippen LogP contribution in [0.1, 0.15) is 16.7 Å². The first kappa shape index (κ1) is 36.7. The molecule has 12 nitrogen and oxygen atoms in total. The Kier molecular flexibility index (Phi) is 12.9. The van der Waals surface area contributed by atoms with Crippen molar-refractivity contribution in [1.29, 1.82) is 5.41 Å². The Labute approximate surface area is 277 Å². The van der Waals surface area contributed by atoms with Crippen molar-refractivity contribution in [2.75, 3.05) is 5.75 Å². The number of carbonyl (C=O) groups is 4. The number of hydrogen-bond acceptors (Lipinski definition) is 10. The highest BCUT2D eigenvalue weighted by Gasteiger charge is 2.54. The molecule has 9 N–H and O–H groups in total.